The number of nitrogens with one attached hydrogen (secondary N) is 1. The highest BCUT2D eigenvalue weighted by molar-refractivity contribution is 5.83. The van der Waals surface area contributed by atoms with Crippen LogP contribution in [0.4, 0.5) is 14.0 Å². The third-order valence-electron chi connectivity index (χ3n) is 3.25. The van der Waals surface area contributed by atoms with E-state index in [2.05, 4.69) is 10.4 Å². The minimum atomic E-state index is -0.792. The number of benzene rings is 1. The molecule has 0 atom stereocenters. The number of carbonyl (C=O) groups excluding carboxylic acids is 2. The molecule has 0 bridgehead atoms. The molecule has 1 N–H and O–H groups in total. The van der Waals surface area contributed by atoms with Crippen LogP contribution >= 0.6 is 0 Å². The Morgan fingerprint density at radius 3 is 2.50 bits per heavy atom. The fourth-order valence-electron chi connectivity index (χ4n) is 2.26. The molecule has 1 aromatic carbocycles. The molecule has 0 saturated heterocycles. The summed E-state index contributed by atoms with van der Waals surface area (Å²) in [6, 6.07) is 6.02. The lowest BCUT2D eigenvalue weighted by Crippen LogP contribution is -2.47. The largest absolute Gasteiger partial charge is 0.446 e. The Bertz CT molecular complexity index is 795. The van der Waals surface area contributed by atoms with E-state index in [0.29, 0.717) is 16.5 Å². The van der Waals surface area contributed by atoms with E-state index in [9.17, 15) is 14.0 Å². The molecule has 0 radical (unpaired) electrons. The standard InChI is InChI=1S/C18H22FN3O4/c1-11(2)25-17(23)21-22(18(24)26-12(3)4)10-13-7-8-15(19)14-6-5-9-20-16(13)14/h5-9,11-12H,10H2,1-4H3,(H,21,23). The number of amides is 2. The highest BCUT2D eigenvalue weighted by atomic mass is 19.1. The molecule has 0 unspecified atom stereocenters. The Morgan fingerprint density at radius 1 is 1.15 bits per heavy atom. The molecule has 0 fully saturated rings. The molecule has 2 rings (SSSR count). The number of fused-ring (bicyclic) bond motifs is 1. The van der Waals surface area contributed by atoms with Crippen molar-refractivity contribution in [2.45, 2.75) is 46.4 Å². The molecule has 1 aromatic heterocycles. The zero-order valence-electron chi connectivity index (χ0n) is 15.2. The van der Waals surface area contributed by atoms with Crippen LogP contribution in [0, 0.1) is 5.82 Å². The van der Waals surface area contributed by atoms with E-state index in [0.717, 1.165) is 5.01 Å². The van der Waals surface area contributed by atoms with Crippen molar-refractivity contribution >= 4 is 23.1 Å². The number of hydrogen-bond donors (Lipinski definition) is 1. The summed E-state index contributed by atoms with van der Waals surface area (Å²) >= 11 is 0. The van der Waals surface area contributed by atoms with Crippen LogP contribution in [0.2, 0.25) is 0 Å². The van der Waals surface area contributed by atoms with Crippen molar-refractivity contribution in [3.05, 3.63) is 41.8 Å². The van der Waals surface area contributed by atoms with Crippen molar-refractivity contribution in [1.29, 1.82) is 0 Å². The average molecular weight is 363 g/mol. The Hall–Kier alpha value is -2.90. The Balaban J connectivity index is 2.30. The molecule has 2 amide bonds. The van der Waals surface area contributed by atoms with Crippen LogP contribution in [0.1, 0.15) is 33.3 Å². The second kappa shape index (κ2) is 8.46. The van der Waals surface area contributed by atoms with Gasteiger partial charge in [0.05, 0.1) is 24.3 Å². The fraction of sp³-hybridized carbons (Fsp3) is 0.389. The predicted molar refractivity (Wildman–Crippen MR) is 93.6 cm³/mol. The monoisotopic (exact) mass is 363 g/mol. The summed E-state index contributed by atoms with van der Waals surface area (Å²) in [5.41, 5.74) is 3.30. The molecule has 140 valence electrons. The van der Waals surface area contributed by atoms with E-state index in [1.165, 1.54) is 18.3 Å². The number of rotatable bonds is 4. The van der Waals surface area contributed by atoms with Crippen molar-refractivity contribution in [3.8, 4) is 0 Å². The van der Waals surface area contributed by atoms with E-state index < -0.39 is 18.0 Å². The number of ether oxygens (including phenoxy) is 2. The molecular weight excluding hydrogens is 341 g/mol. The first-order valence-corrected chi connectivity index (χ1v) is 8.25. The van der Waals surface area contributed by atoms with E-state index in [4.69, 9.17) is 9.47 Å². The minimum absolute atomic E-state index is 0.0630. The van der Waals surface area contributed by atoms with Gasteiger partial charge in [0.25, 0.3) is 0 Å². The lowest BCUT2D eigenvalue weighted by Gasteiger charge is -2.24. The van der Waals surface area contributed by atoms with Crippen LogP contribution in [0.3, 0.4) is 0 Å². The van der Waals surface area contributed by atoms with Gasteiger partial charge in [-0.15, -0.1) is 0 Å². The first-order valence-electron chi connectivity index (χ1n) is 8.25. The number of pyridine rings is 1. The molecule has 7 nitrogen and oxygen atoms in total. The number of hydrogen-bond acceptors (Lipinski definition) is 5. The van der Waals surface area contributed by atoms with Gasteiger partial charge in [0.1, 0.15) is 5.82 Å². The zero-order chi connectivity index (χ0) is 19.3. The van der Waals surface area contributed by atoms with Crippen LogP contribution in [-0.4, -0.2) is 34.4 Å². The molecule has 0 aliphatic carbocycles. The normalized spacial score (nSPS) is 10.9. The number of hydrazine groups is 1. The summed E-state index contributed by atoms with van der Waals surface area (Å²) in [6.07, 6.45) is -0.751. The minimum Gasteiger partial charge on any atom is -0.446 e. The lowest BCUT2D eigenvalue weighted by atomic mass is 10.1. The summed E-state index contributed by atoms with van der Waals surface area (Å²) in [5, 5.41) is 1.30. The van der Waals surface area contributed by atoms with Gasteiger partial charge in [-0.2, -0.15) is 0 Å². The molecule has 1 heterocycles. The Morgan fingerprint density at radius 2 is 1.85 bits per heavy atom. The molecule has 26 heavy (non-hydrogen) atoms. The van der Waals surface area contributed by atoms with Gasteiger partial charge in [0.2, 0.25) is 0 Å². The van der Waals surface area contributed by atoms with Crippen LogP contribution in [0.15, 0.2) is 30.5 Å². The number of aromatic nitrogens is 1. The maximum atomic E-state index is 14.0. The van der Waals surface area contributed by atoms with Crippen LogP contribution < -0.4 is 5.43 Å². The van der Waals surface area contributed by atoms with E-state index in [1.54, 1.807) is 39.8 Å². The number of carbonyl (C=O) groups is 2. The topological polar surface area (TPSA) is 80.8 Å². The Labute approximate surface area is 151 Å². The van der Waals surface area contributed by atoms with Crippen molar-refractivity contribution in [1.82, 2.24) is 15.4 Å². The van der Waals surface area contributed by atoms with Gasteiger partial charge in [0, 0.05) is 17.1 Å². The first-order chi connectivity index (χ1) is 12.3. The van der Waals surface area contributed by atoms with Crippen molar-refractivity contribution in [2.24, 2.45) is 0 Å². The molecular formula is C18H22FN3O4. The maximum Gasteiger partial charge on any atom is 0.429 e. The van der Waals surface area contributed by atoms with Gasteiger partial charge in [0.15, 0.2) is 0 Å². The summed E-state index contributed by atoms with van der Waals surface area (Å²) in [5.74, 6) is -0.416. The second-order valence-corrected chi connectivity index (χ2v) is 6.19. The third kappa shape index (κ3) is 5.05. The smallest absolute Gasteiger partial charge is 0.429 e. The highest BCUT2D eigenvalue weighted by Crippen LogP contribution is 2.21. The van der Waals surface area contributed by atoms with Gasteiger partial charge in [-0.1, -0.05) is 6.07 Å². The van der Waals surface area contributed by atoms with Gasteiger partial charge < -0.3 is 9.47 Å². The SMILES string of the molecule is CC(C)OC(=O)NN(Cc1ccc(F)c2cccnc12)C(=O)OC(C)C. The Kier molecular flexibility index (Phi) is 6.32. The molecule has 0 aliphatic rings. The predicted octanol–water partition coefficient (Wildman–Crippen LogP) is 3.77. The molecule has 2 aromatic rings. The van der Waals surface area contributed by atoms with E-state index in [-0.39, 0.29) is 18.8 Å². The van der Waals surface area contributed by atoms with Crippen LogP contribution in [0.25, 0.3) is 10.9 Å². The summed E-state index contributed by atoms with van der Waals surface area (Å²) in [6.45, 7) is 6.70. The number of halogens is 1. The summed E-state index contributed by atoms with van der Waals surface area (Å²) in [7, 11) is 0. The lowest BCUT2D eigenvalue weighted by molar-refractivity contribution is 0.0445. The van der Waals surface area contributed by atoms with Crippen molar-refractivity contribution in [2.75, 3.05) is 0 Å². The van der Waals surface area contributed by atoms with Gasteiger partial charge in [-0.3, -0.25) is 4.98 Å². The van der Waals surface area contributed by atoms with E-state index in [1.807, 2.05) is 0 Å². The quantitative estimate of drug-likeness (QED) is 0.837. The zero-order valence-corrected chi connectivity index (χ0v) is 15.2. The molecule has 0 aliphatic heterocycles. The summed E-state index contributed by atoms with van der Waals surface area (Å²) < 4.78 is 24.1. The van der Waals surface area contributed by atoms with Gasteiger partial charge in [-0.05, 0) is 45.9 Å². The van der Waals surface area contributed by atoms with Gasteiger partial charge >= 0.3 is 12.2 Å². The van der Waals surface area contributed by atoms with Crippen LogP contribution in [-0.2, 0) is 16.0 Å². The molecule has 0 spiro atoms. The first kappa shape index (κ1) is 19.4. The van der Waals surface area contributed by atoms with E-state index >= 15 is 0 Å². The summed E-state index contributed by atoms with van der Waals surface area (Å²) in [4.78, 5) is 28.4. The second-order valence-electron chi connectivity index (χ2n) is 6.19. The van der Waals surface area contributed by atoms with Crippen molar-refractivity contribution in [3.63, 3.8) is 0 Å². The number of nitrogens with zero attached hydrogens (tertiary/aromatic N) is 2. The average Bonchev–Trinajstić information content (AvgIpc) is 2.55. The van der Waals surface area contributed by atoms with Crippen LogP contribution in [0.5, 0.6) is 0 Å². The fourth-order valence-corrected chi connectivity index (χ4v) is 2.26. The molecule has 8 heteroatoms. The third-order valence-corrected chi connectivity index (χ3v) is 3.25. The van der Waals surface area contributed by atoms with Gasteiger partial charge in [-0.25, -0.2) is 24.4 Å². The maximum absolute atomic E-state index is 14.0. The highest BCUT2D eigenvalue weighted by Gasteiger charge is 2.22. The molecule has 0 saturated carbocycles. The van der Waals surface area contributed by atoms with Crippen molar-refractivity contribution < 1.29 is 23.5 Å².